The molecule has 0 bridgehead atoms. The number of aliphatic hydroxyl groups is 1. The number of halogens is 1. The van der Waals surface area contributed by atoms with Gasteiger partial charge in [-0.05, 0) is 43.7 Å². The zero-order valence-corrected chi connectivity index (χ0v) is 20.1. The Hall–Kier alpha value is -3.67. The van der Waals surface area contributed by atoms with Crippen LogP contribution in [0.15, 0.2) is 46.9 Å². The predicted molar refractivity (Wildman–Crippen MR) is 129 cm³/mol. The summed E-state index contributed by atoms with van der Waals surface area (Å²) in [4.78, 5) is 17.1. The van der Waals surface area contributed by atoms with E-state index in [4.69, 9.17) is 14.9 Å². The van der Waals surface area contributed by atoms with Crippen molar-refractivity contribution in [2.75, 3.05) is 5.32 Å². The fraction of sp³-hybridized carbons (Fsp3) is 0.250. The number of rotatable bonds is 9. The van der Waals surface area contributed by atoms with Gasteiger partial charge in [0.2, 0.25) is 11.8 Å². The van der Waals surface area contributed by atoms with Crippen LogP contribution in [0.25, 0.3) is 10.4 Å². The summed E-state index contributed by atoms with van der Waals surface area (Å²) in [5, 5.41) is 21.3. The zero-order valence-electron chi connectivity index (χ0n) is 19.3. The van der Waals surface area contributed by atoms with Crippen LogP contribution in [0, 0.1) is 12.7 Å². The SMILES string of the molecule is Cc1nnc(COCc2cccc(Nc3sc(-c4ccc(C(C)(C)O)cc4F)cc3C(N)=O)n2)o1. The summed E-state index contributed by atoms with van der Waals surface area (Å²) in [6.45, 7) is 5.21. The van der Waals surface area contributed by atoms with E-state index in [1.165, 1.54) is 23.5 Å². The van der Waals surface area contributed by atoms with Crippen molar-refractivity contribution in [1.82, 2.24) is 15.2 Å². The highest BCUT2D eigenvalue weighted by Crippen LogP contribution is 2.38. The van der Waals surface area contributed by atoms with Crippen LogP contribution in [0.3, 0.4) is 0 Å². The van der Waals surface area contributed by atoms with E-state index >= 15 is 0 Å². The molecule has 1 aromatic carbocycles. The van der Waals surface area contributed by atoms with Crippen molar-refractivity contribution < 1.29 is 23.4 Å². The van der Waals surface area contributed by atoms with Crippen molar-refractivity contribution in [3.8, 4) is 10.4 Å². The van der Waals surface area contributed by atoms with Gasteiger partial charge in [0.25, 0.3) is 5.91 Å². The van der Waals surface area contributed by atoms with Crippen LogP contribution in [0.2, 0.25) is 0 Å². The van der Waals surface area contributed by atoms with Gasteiger partial charge in [-0.25, -0.2) is 9.37 Å². The zero-order chi connectivity index (χ0) is 25.2. The van der Waals surface area contributed by atoms with Crippen LogP contribution >= 0.6 is 11.3 Å². The van der Waals surface area contributed by atoms with Gasteiger partial charge in [0.05, 0.1) is 23.5 Å². The summed E-state index contributed by atoms with van der Waals surface area (Å²) in [5.74, 6) is 0.131. The average Bonchev–Trinajstić information content (AvgIpc) is 3.39. The van der Waals surface area contributed by atoms with E-state index in [1.54, 1.807) is 51.1 Å². The number of nitrogens with two attached hydrogens (primary N) is 1. The lowest BCUT2D eigenvalue weighted by Gasteiger charge is -2.18. The summed E-state index contributed by atoms with van der Waals surface area (Å²) >= 11 is 1.17. The molecule has 0 spiro atoms. The summed E-state index contributed by atoms with van der Waals surface area (Å²) in [6.07, 6.45) is 0. The lowest BCUT2D eigenvalue weighted by Crippen LogP contribution is -2.15. The molecule has 3 heterocycles. The topological polar surface area (TPSA) is 136 Å². The number of thiophene rings is 1. The molecular weight excluding hydrogens is 473 g/mol. The largest absolute Gasteiger partial charge is 0.423 e. The van der Waals surface area contributed by atoms with Gasteiger partial charge in [-0.15, -0.1) is 21.5 Å². The minimum atomic E-state index is -1.18. The van der Waals surface area contributed by atoms with Crippen LogP contribution in [0.1, 0.15) is 47.2 Å². The fourth-order valence-electron chi connectivity index (χ4n) is 3.28. The van der Waals surface area contributed by atoms with Gasteiger partial charge in [-0.1, -0.05) is 18.2 Å². The summed E-state index contributed by atoms with van der Waals surface area (Å²) < 4.78 is 25.7. The average molecular weight is 498 g/mol. The minimum absolute atomic E-state index is 0.151. The standard InChI is InChI=1S/C24H24FN5O4S/c1-13-29-30-21(34-13)12-33-11-15-5-4-6-20(27-15)28-23-17(22(26)31)10-19(35-23)16-8-7-14(9-18(16)25)24(2,3)32/h4-10,32H,11-12H2,1-3H3,(H2,26,31)(H,27,28). The van der Waals surface area contributed by atoms with E-state index in [1.807, 2.05) is 0 Å². The van der Waals surface area contributed by atoms with Crippen LogP contribution in [-0.2, 0) is 23.6 Å². The normalized spacial score (nSPS) is 11.6. The van der Waals surface area contributed by atoms with Crippen molar-refractivity contribution in [3.63, 3.8) is 0 Å². The molecule has 0 aliphatic rings. The number of anilines is 2. The number of nitrogens with zero attached hydrogens (tertiary/aromatic N) is 3. The molecule has 4 rings (SSSR count). The molecule has 182 valence electrons. The van der Waals surface area contributed by atoms with Gasteiger partial charge in [-0.3, -0.25) is 4.79 Å². The molecule has 9 nitrogen and oxygen atoms in total. The van der Waals surface area contributed by atoms with Gasteiger partial charge in [0, 0.05) is 17.4 Å². The molecule has 35 heavy (non-hydrogen) atoms. The smallest absolute Gasteiger partial charge is 0.251 e. The van der Waals surface area contributed by atoms with E-state index in [9.17, 15) is 14.3 Å². The molecule has 0 radical (unpaired) electrons. The second-order valence-electron chi connectivity index (χ2n) is 8.32. The van der Waals surface area contributed by atoms with E-state index in [0.717, 1.165) is 0 Å². The third-order valence-corrected chi connectivity index (χ3v) is 6.11. The van der Waals surface area contributed by atoms with Gasteiger partial charge in [0.15, 0.2) is 0 Å². The third-order valence-electron chi connectivity index (χ3n) is 5.03. The predicted octanol–water partition coefficient (Wildman–Crippen LogP) is 4.43. The number of carbonyl (C=O) groups excluding carboxylic acids is 1. The number of aromatic nitrogens is 3. The molecule has 3 aromatic heterocycles. The number of aryl methyl sites for hydroxylation is 1. The molecule has 0 saturated heterocycles. The van der Waals surface area contributed by atoms with E-state index in [0.29, 0.717) is 44.3 Å². The van der Waals surface area contributed by atoms with Gasteiger partial charge in [-0.2, -0.15) is 0 Å². The molecule has 1 amide bonds. The third kappa shape index (κ3) is 5.88. The van der Waals surface area contributed by atoms with Crippen molar-refractivity contribution in [1.29, 1.82) is 0 Å². The number of amides is 1. The van der Waals surface area contributed by atoms with Crippen molar-refractivity contribution in [2.45, 2.75) is 39.6 Å². The molecule has 4 aromatic rings. The molecule has 0 aliphatic heterocycles. The molecule has 0 aliphatic carbocycles. The lowest BCUT2D eigenvalue weighted by molar-refractivity contribution is 0.0782. The molecule has 11 heteroatoms. The molecule has 0 atom stereocenters. The van der Waals surface area contributed by atoms with Gasteiger partial charge < -0.3 is 25.3 Å². The maximum atomic E-state index is 14.8. The highest BCUT2D eigenvalue weighted by atomic mass is 32.1. The molecule has 0 fully saturated rings. The first kappa shape index (κ1) is 24.5. The monoisotopic (exact) mass is 497 g/mol. The van der Waals surface area contributed by atoms with Crippen LogP contribution < -0.4 is 11.1 Å². The molecule has 4 N–H and O–H groups in total. The summed E-state index contributed by atoms with van der Waals surface area (Å²) in [7, 11) is 0. The number of hydrogen-bond acceptors (Lipinski definition) is 9. The van der Waals surface area contributed by atoms with Gasteiger partial charge in [0.1, 0.15) is 23.2 Å². The number of nitrogens with one attached hydrogen (secondary N) is 1. The number of pyridine rings is 1. The van der Waals surface area contributed by atoms with E-state index < -0.39 is 17.3 Å². The molecular formula is C24H24FN5O4S. The Labute approximate surface area is 204 Å². The molecule has 0 saturated carbocycles. The Kier molecular flexibility index (Phi) is 6.92. The molecule has 0 unspecified atom stereocenters. The lowest BCUT2D eigenvalue weighted by atomic mass is 9.96. The van der Waals surface area contributed by atoms with Crippen LogP contribution in [0.5, 0.6) is 0 Å². The van der Waals surface area contributed by atoms with Gasteiger partial charge >= 0.3 is 0 Å². The van der Waals surface area contributed by atoms with Crippen molar-refractivity contribution >= 4 is 28.1 Å². The second-order valence-corrected chi connectivity index (χ2v) is 9.37. The number of hydrogen-bond donors (Lipinski definition) is 3. The number of primary amides is 1. The number of ether oxygens (including phenoxy) is 1. The Morgan fingerprint density at radius 1 is 1.23 bits per heavy atom. The maximum Gasteiger partial charge on any atom is 0.251 e. The van der Waals surface area contributed by atoms with Crippen molar-refractivity contribution in [2.24, 2.45) is 5.73 Å². The summed E-state index contributed by atoms with van der Waals surface area (Å²) in [5.41, 5.74) is 5.99. The fourth-order valence-corrected chi connectivity index (χ4v) is 4.38. The maximum absolute atomic E-state index is 14.8. The highest BCUT2D eigenvalue weighted by molar-refractivity contribution is 7.19. The van der Waals surface area contributed by atoms with Crippen LogP contribution in [0.4, 0.5) is 15.2 Å². The second kappa shape index (κ2) is 9.90. The van der Waals surface area contributed by atoms with E-state index in [2.05, 4.69) is 20.5 Å². The Balaban J connectivity index is 1.52. The first-order chi connectivity index (χ1) is 16.6. The number of carbonyl (C=O) groups is 1. The van der Waals surface area contributed by atoms with Crippen molar-refractivity contribution in [3.05, 3.63) is 76.9 Å². The Morgan fingerprint density at radius 3 is 2.69 bits per heavy atom. The summed E-state index contributed by atoms with van der Waals surface area (Å²) in [6, 6.07) is 11.4. The van der Waals surface area contributed by atoms with E-state index in [-0.39, 0.29) is 18.8 Å². The first-order valence-electron chi connectivity index (χ1n) is 10.7. The highest BCUT2D eigenvalue weighted by Gasteiger charge is 2.21. The van der Waals surface area contributed by atoms with Crippen LogP contribution in [-0.4, -0.2) is 26.2 Å². The first-order valence-corrected chi connectivity index (χ1v) is 11.5. The Bertz CT molecular complexity index is 1360. The number of benzene rings is 1. The minimum Gasteiger partial charge on any atom is -0.423 e. The Morgan fingerprint density at radius 2 is 2.03 bits per heavy atom. The quantitative estimate of drug-likeness (QED) is 0.309.